The summed E-state index contributed by atoms with van der Waals surface area (Å²) in [6, 6.07) is -2.57. The number of amides is 7. The van der Waals surface area contributed by atoms with Gasteiger partial charge in [-0.3, -0.25) is 33.6 Å². The Balaban J connectivity index is 1.43. The van der Waals surface area contributed by atoms with E-state index in [-0.39, 0.29) is 18.8 Å². The number of cyclic esters (lactones) is 2. The van der Waals surface area contributed by atoms with Gasteiger partial charge in [-0.2, -0.15) is 0 Å². The van der Waals surface area contributed by atoms with E-state index in [4.69, 9.17) is 15.2 Å². The molecule has 0 saturated heterocycles. The SMILES string of the molecule is CC1NC(=O)C(N)COC(=O)C(C2CCCC2)N(C)C(=O)[C@@H]2C/C=C\C[C@@H](C(=O)N(C)C(C3CCCC3)C(=O)OCC(NC(=O)c3nc4ccccc4cc3O)C(=O)NC(C)C(=O)N2C)N(C)C1=O. The first-order valence-electron chi connectivity index (χ1n) is 23.6. The van der Waals surface area contributed by atoms with Crippen molar-refractivity contribution < 1.29 is 57.7 Å². The second kappa shape index (κ2) is 22.6. The van der Waals surface area contributed by atoms with Crippen molar-refractivity contribution in [2.24, 2.45) is 17.6 Å². The molecule has 1 aromatic heterocycles. The number of ether oxygens (including phenoxy) is 2. The van der Waals surface area contributed by atoms with Crippen molar-refractivity contribution in [2.75, 3.05) is 41.4 Å². The highest BCUT2D eigenvalue weighted by molar-refractivity contribution is 6.01. The van der Waals surface area contributed by atoms with Crippen LogP contribution in [0.15, 0.2) is 42.5 Å². The first-order chi connectivity index (χ1) is 32.8. The van der Waals surface area contributed by atoms with Gasteiger partial charge in [0.25, 0.3) is 5.91 Å². The number of aromatic hydroxyl groups is 1. The second-order valence-electron chi connectivity index (χ2n) is 18.7. The van der Waals surface area contributed by atoms with E-state index in [0.717, 1.165) is 35.5 Å². The zero-order valence-electron chi connectivity index (χ0n) is 40.1. The van der Waals surface area contributed by atoms with E-state index in [0.29, 0.717) is 36.6 Å². The van der Waals surface area contributed by atoms with Crippen molar-refractivity contribution in [3.63, 3.8) is 0 Å². The van der Waals surface area contributed by atoms with Crippen LogP contribution < -0.4 is 21.7 Å². The molecule has 374 valence electrons. The van der Waals surface area contributed by atoms with Gasteiger partial charge >= 0.3 is 11.9 Å². The molecule has 3 heterocycles. The molecule has 2 fully saturated rings. The summed E-state index contributed by atoms with van der Waals surface area (Å²) in [6.07, 6.45) is 8.21. The summed E-state index contributed by atoms with van der Waals surface area (Å²) in [5, 5.41) is 19.0. The average molecular weight is 960 g/mol. The number of fused-ring (bicyclic) bond motifs is 5. The number of rotatable bonds is 4. The number of nitrogens with zero attached hydrogens (tertiary/aromatic N) is 5. The Kier molecular flexibility index (Phi) is 17.0. The Labute approximate surface area is 400 Å². The van der Waals surface area contributed by atoms with E-state index in [1.54, 1.807) is 36.4 Å². The van der Waals surface area contributed by atoms with Crippen LogP contribution in [-0.2, 0) is 47.8 Å². The van der Waals surface area contributed by atoms with Crippen molar-refractivity contribution in [1.29, 1.82) is 0 Å². The predicted octanol–water partition coefficient (Wildman–Crippen LogP) is 0.514. The van der Waals surface area contributed by atoms with Crippen molar-refractivity contribution in [3.8, 4) is 5.75 Å². The lowest BCUT2D eigenvalue weighted by Gasteiger charge is -2.37. The number of likely N-dealkylation sites (N-methyl/N-ethyl adjacent to an activating group) is 4. The second-order valence-corrected chi connectivity index (χ2v) is 18.7. The Bertz CT molecular complexity index is 2330. The molecule has 21 heteroatoms. The third-order valence-electron chi connectivity index (χ3n) is 13.9. The average Bonchev–Trinajstić information content (AvgIpc) is 4.07. The maximum absolute atomic E-state index is 14.8. The largest absolute Gasteiger partial charge is 0.505 e. The number of hydrogen-bond donors (Lipinski definition) is 5. The minimum absolute atomic E-state index is 0.139. The number of nitrogens with one attached hydrogen (secondary N) is 3. The van der Waals surface area contributed by atoms with Gasteiger partial charge in [0.2, 0.25) is 35.4 Å². The maximum Gasteiger partial charge on any atom is 0.329 e. The van der Waals surface area contributed by atoms with Gasteiger partial charge in [0, 0.05) is 33.6 Å². The number of hydrogen-bond acceptors (Lipinski definition) is 14. The fourth-order valence-corrected chi connectivity index (χ4v) is 9.86. The minimum Gasteiger partial charge on any atom is -0.505 e. The van der Waals surface area contributed by atoms with Crippen LogP contribution in [0.4, 0.5) is 0 Å². The molecule has 0 spiro atoms. The minimum atomic E-state index is -1.69. The fraction of sp³-hybridized carbons (Fsp3) is 0.583. The highest BCUT2D eigenvalue weighted by atomic mass is 16.5. The molecule has 2 aliphatic carbocycles. The van der Waals surface area contributed by atoms with Gasteiger partial charge in [-0.05, 0) is 76.3 Å². The Morgan fingerprint density at radius 1 is 0.681 bits per heavy atom. The zero-order valence-corrected chi connectivity index (χ0v) is 40.1. The highest BCUT2D eigenvalue weighted by Crippen LogP contribution is 2.33. The number of aromatic nitrogens is 1. The number of nitrogens with two attached hydrogens (primary N) is 1. The summed E-state index contributed by atoms with van der Waals surface area (Å²) in [7, 11) is 5.57. The first kappa shape index (κ1) is 51.7. The number of esters is 2. The molecule has 21 nitrogen and oxygen atoms in total. The number of para-hydroxylation sites is 1. The standard InChI is InChI=1S/C48H65N9O12/c1-26-43(62)54(3)34-21-13-14-22-35(45(64)56(5)38(28-15-7-8-16-28)47(66)68-24-31(49)40(59)50-26)55(4)44(63)27(2)51-41(60)33(25-69-48(67)39(57(6)46(34)65)29-17-9-10-18-29)53-42(61)37-36(58)23-30-19-11-12-20-32(30)52-37/h11-14,19-20,23,26-29,31,33-35,38-39,58H,7-10,15-18,21-22,24-25,49H2,1-6H3,(H,50,59)(H,51,60)(H,53,61)/b14-13-/t26?,27?,31?,33?,34-,35-,38?,39?/m0/s1. The maximum atomic E-state index is 14.8. The Morgan fingerprint density at radius 2 is 1.14 bits per heavy atom. The fourth-order valence-electron chi connectivity index (χ4n) is 9.86. The van der Waals surface area contributed by atoms with Gasteiger partial charge in [-0.1, -0.05) is 56.0 Å². The summed E-state index contributed by atoms with van der Waals surface area (Å²) >= 11 is 0. The van der Waals surface area contributed by atoms with Crippen molar-refractivity contribution >= 4 is 64.2 Å². The summed E-state index contributed by atoms with van der Waals surface area (Å²) in [4.78, 5) is 137. The molecule has 7 amide bonds. The van der Waals surface area contributed by atoms with Crippen LogP contribution >= 0.6 is 0 Å². The van der Waals surface area contributed by atoms with E-state index in [1.165, 1.54) is 57.9 Å². The van der Waals surface area contributed by atoms with Crippen molar-refractivity contribution in [3.05, 3.63) is 48.2 Å². The molecular weight excluding hydrogens is 895 g/mol. The summed E-state index contributed by atoms with van der Waals surface area (Å²) in [5.41, 5.74) is 6.10. The van der Waals surface area contributed by atoms with Gasteiger partial charge in [0.15, 0.2) is 5.69 Å². The molecule has 2 bridgehead atoms. The molecule has 1 aromatic carbocycles. The van der Waals surface area contributed by atoms with E-state index < -0.39 is 132 Å². The van der Waals surface area contributed by atoms with Crippen LogP contribution in [0.3, 0.4) is 0 Å². The summed E-state index contributed by atoms with van der Waals surface area (Å²) in [6.45, 7) is 1.41. The third kappa shape index (κ3) is 11.8. The van der Waals surface area contributed by atoms with Crippen LogP contribution in [-0.4, -0.2) is 173 Å². The molecule has 69 heavy (non-hydrogen) atoms. The third-order valence-corrected chi connectivity index (χ3v) is 13.9. The van der Waals surface area contributed by atoms with Gasteiger partial charge in [-0.25, -0.2) is 14.6 Å². The van der Waals surface area contributed by atoms with Crippen LogP contribution in [0.5, 0.6) is 5.75 Å². The van der Waals surface area contributed by atoms with Crippen molar-refractivity contribution in [1.82, 2.24) is 40.5 Å². The molecule has 6 unspecified atom stereocenters. The highest BCUT2D eigenvalue weighted by Gasteiger charge is 2.44. The molecule has 2 saturated carbocycles. The van der Waals surface area contributed by atoms with E-state index in [9.17, 15) is 48.3 Å². The monoisotopic (exact) mass is 959 g/mol. The van der Waals surface area contributed by atoms with Crippen molar-refractivity contribution in [2.45, 2.75) is 126 Å². The van der Waals surface area contributed by atoms with Gasteiger partial charge < -0.3 is 55.9 Å². The normalized spacial score (nSPS) is 29.1. The first-order valence-corrected chi connectivity index (χ1v) is 23.6. The predicted molar refractivity (Wildman–Crippen MR) is 248 cm³/mol. The molecule has 6 N–H and O–H groups in total. The number of pyridine rings is 1. The number of carbonyl (C=O) groups excluding carboxylic acids is 9. The number of carbonyl (C=O) groups is 9. The summed E-state index contributed by atoms with van der Waals surface area (Å²) in [5.74, 6) is -8.50. The molecule has 6 rings (SSSR count). The lowest BCUT2D eigenvalue weighted by atomic mass is 9.95. The van der Waals surface area contributed by atoms with Crippen LogP contribution in [0.25, 0.3) is 10.9 Å². The van der Waals surface area contributed by atoms with Gasteiger partial charge in [-0.15, -0.1) is 0 Å². The lowest BCUT2D eigenvalue weighted by molar-refractivity contribution is -0.161. The summed E-state index contributed by atoms with van der Waals surface area (Å²) < 4.78 is 11.4. The molecule has 4 aliphatic rings. The van der Waals surface area contributed by atoms with Crippen LogP contribution in [0.1, 0.15) is 88.5 Å². The van der Waals surface area contributed by atoms with E-state index in [1.807, 2.05) is 0 Å². The van der Waals surface area contributed by atoms with E-state index >= 15 is 0 Å². The Hall–Kier alpha value is -6.64. The molecular formula is C48H65N9O12. The van der Waals surface area contributed by atoms with Gasteiger partial charge in [0.1, 0.15) is 67.3 Å². The van der Waals surface area contributed by atoms with Crippen LogP contribution in [0.2, 0.25) is 0 Å². The zero-order chi connectivity index (χ0) is 50.3. The molecule has 8 atom stereocenters. The van der Waals surface area contributed by atoms with E-state index in [2.05, 4.69) is 20.9 Å². The smallest absolute Gasteiger partial charge is 0.329 e. The van der Waals surface area contributed by atoms with Crippen LogP contribution in [0, 0.1) is 11.8 Å². The topological polar surface area (TPSA) is 280 Å². The quantitative estimate of drug-likeness (QED) is 0.207. The molecule has 0 radical (unpaired) electrons. The number of benzene rings is 1. The van der Waals surface area contributed by atoms with Gasteiger partial charge in [0.05, 0.1) is 5.52 Å². The lowest BCUT2D eigenvalue weighted by Crippen LogP contribution is -2.60. The molecule has 2 aliphatic heterocycles. The Morgan fingerprint density at radius 3 is 1.65 bits per heavy atom. The molecule has 2 aromatic rings.